The highest BCUT2D eigenvalue weighted by Gasteiger charge is 2.20. The van der Waals surface area contributed by atoms with Crippen molar-refractivity contribution in [1.82, 2.24) is 20.2 Å². The van der Waals surface area contributed by atoms with E-state index in [-0.39, 0.29) is 11.7 Å². The molecule has 0 bridgehead atoms. The highest BCUT2D eigenvalue weighted by Crippen LogP contribution is 2.25. The summed E-state index contributed by atoms with van der Waals surface area (Å²) in [5.41, 5.74) is 3.15. The molecule has 2 aromatic carbocycles. The smallest absolute Gasteiger partial charge is 0.237 e. The van der Waals surface area contributed by atoms with E-state index in [4.69, 9.17) is 0 Å². The maximum Gasteiger partial charge on any atom is 0.237 e. The van der Waals surface area contributed by atoms with Crippen LogP contribution < -0.4 is 5.32 Å². The van der Waals surface area contributed by atoms with Gasteiger partial charge in [0.1, 0.15) is 0 Å². The van der Waals surface area contributed by atoms with Gasteiger partial charge in [0.2, 0.25) is 11.1 Å². The van der Waals surface area contributed by atoms with Crippen LogP contribution in [-0.4, -0.2) is 37.1 Å². The zero-order valence-corrected chi connectivity index (χ0v) is 16.0. The number of anilines is 1. The van der Waals surface area contributed by atoms with Gasteiger partial charge in [-0.3, -0.25) is 9.59 Å². The van der Waals surface area contributed by atoms with Crippen LogP contribution in [0.3, 0.4) is 0 Å². The molecule has 0 aliphatic rings. The normalized spacial score (nSPS) is 11.8. The summed E-state index contributed by atoms with van der Waals surface area (Å²) < 4.78 is 1.63. The number of carbonyl (C=O) groups is 2. The molecule has 3 rings (SSSR count). The van der Waals surface area contributed by atoms with Gasteiger partial charge in [0.05, 0.1) is 10.9 Å². The molecule has 0 aliphatic heterocycles. The first-order chi connectivity index (χ1) is 13.0. The van der Waals surface area contributed by atoms with Crippen molar-refractivity contribution in [3.05, 3.63) is 59.7 Å². The van der Waals surface area contributed by atoms with E-state index in [0.717, 1.165) is 11.3 Å². The summed E-state index contributed by atoms with van der Waals surface area (Å²) in [5, 5.41) is 14.8. The number of tetrazole rings is 1. The van der Waals surface area contributed by atoms with Crippen LogP contribution in [0, 0.1) is 6.92 Å². The summed E-state index contributed by atoms with van der Waals surface area (Å²) in [6.45, 7) is 5.28. The molecule has 138 valence electrons. The number of carbonyl (C=O) groups excluding carboxylic acids is 2. The third-order valence-corrected chi connectivity index (χ3v) is 5.03. The lowest BCUT2D eigenvalue weighted by Gasteiger charge is -2.12. The highest BCUT2D eigenvalue weighted by atomic mass is 32.2. The number of ketones is 1. The first-order valence-electron chi connectivity index (χ1n) is 8.38. The predicted molar refractivity (Wildman–Crippen MR) is 104 cm³/mol. The predicted octanol–water partition coefficient (Wildman–Crippen LogP) is 3.29. The number of aryl methyl sites for hydroxylation is 1. The molecule has 1 aromatic heterocycles. The van der Waals surface area contributed by atoms with Crippen molar-refractivity contribution in [3.63, 3.8) is 0 Å². The number of Topliss-reactive ketones (excluding diaryl/α,β-unsaturated/α-hetero) is 1. The molecule has 1 atom stereocenters. The van der Waals surface area contributed by atoms with Crippen molar-refractivity contribution in [2.24, 2.45) is 0 Å². The second-order valence-electron chi connectivity index (χ2n) is 6.04. The highest BCUT2D eigenvalue weighted by molar-refractivity contribution is 8.00. The average Bonchev–Trinajstić information content (AvgIpc) is 3.10. The van der Waals surface area contributed by atoms with Crippen LogP contribution in [0.15, 0.2) is 53.7 Å². The molecule has 0 aliphatic carbocycles. The van der Waals surface area contributed by atoms with Gasteiger partial charge in [-0.25, -0.2) is 0 Å². The Labute approximate surface area is 161 Å². The minimum absolute atomic E-state index is 0.0140. The lowest BCUT2D eigenvalue weighted by atomic mass is 10.1. The Kier molecular flexibility index (Phi) is 5.66. The Balaban J connectivity index is 1.70. The molecule has 1 heterocycles. The number of rotatable bonds is 6. The molecule has 0 fully saturated rings. The van der Waals surface area contributed by atoms with E-state index in [1.807, 2.05) is 31.2 Å². The number of amides is 1. The van der Waals surface area contributed by atoms with Crippen LogP contribution in [0.5, 0.6) is 0 Å². The lowest BCUT2D eigenvalue weighted by molar-refractivity contribution is -0.115. The zero-order valence-electron chi connectivity index (χ0n) is 15.2. The van der Waals surface area contributed by atoms with Crippen molar-refractivity contribution in [3.8, 4) is 5.69 Å². The fourth-order valence-corrected chi connectivity index (χ4v) is 3.25. The largest absolute Gasteiger partial charge is 0.325 e. The number of aromatic nitrogens is 4. The summed E-state index contributed by atoms with van der Waals surface area (Å²) in [4.78, 5) is 23.8. The van der Waals surface area contributed by atoms with Gasteiger partial charge in [-0.05, 0) is 67.1 Å². The number of nitrogens with one attached hydrogen (secondary N) is 1. The van der Waals surface area contributed by atoms with Gasteiger partial charge in [0, 0.05) is 11.3 Å². The standard InChI is InChI=1S/C19H19N5O2S/c1-12-6-4-5-7-17(12)24-19(21-22-23-24)27-14(3)18(26)20-16-10-8-15(9-11-16)13(2)25/h4-11,14H,1-3H3,(H,20,26)/t14-/m0/s1. The fraction of sp³-hybridized carbons (Fsp3) is 0.211. The van der Waals surface area contributed by atoms with Crippen LogP contribution in [0.1, 0.15) is 29.8 Å². The number of hydrogen-bond donors (Lipinski definition) is 1. The monoisotopic (exact) mass is 381 g/mol. The number of thioether (sulfide) groups is 1. The van der Waals surface area contributed by atoms with E-state index >= 15 is 0 Å². The SMILES string of the molecule is CC(=O)c1ccc(NC(=O)[C@H](C)Sc2nnnn2-c2ccccc2C)cc1. The summed E-state index contributed by atoms with van der Waals surface area (Å²) in [6, 6.07) is 14.6. The number of benzene rings is 2. The Hall–Kier alpha value is -3.00. The molecule has 1 N–H and O–H groups in total. The third-order valence-electron chi connectivity index (χ3n) is 3.99. The number of hydrogen-bond acceptors (Lipinski definition) is 6. The molecule has 27 heavy (non-hydrogen) atoms. The van der Waals surface area contributed by atoms with Gasteiger partial charge in [0.25, 0.3) is 0 Å². The molecule has 3 aromatic rings. The van der Waals surface area contributed by atoms with E-state index in [0.29, 0.717) is 16.4 Å². The third kappa shape index (κ3) is 4.40. The van der Waals surface area contributed by atoms with Gasteiger partial charge in [-0.15, -0.1) is 5.10 Å². The second-order valence-corrected chi connectivity index (χ2v) is 7.35. The number of nitrogens with zero attached hydrogens (tertiary/aromatic N) is 4. The van der Waals surface area contributed by atoms with Crippen LogP contribution in [0.4, 0.5) is 5.69 Å². The first-order valence-corrected chi connectivity index (χ1v) is 9.26. The van der Waals surface area contributed by atoms with Crippen LogP contribution in [0.2, 0.25) is 0 Å². The fourth-order valence-electron chi connectivity index (χ4n) is 2.45. The minimum atomic E-state index is -0.411. The molecule has 0 saturated heterocycles. The Bertz CT molecular complexity index is 968. The molecule has 0 unspecified atom stereocenters. The van der Waals surface area contributed by atoms with Gasteiger partial charge in [-0.1, -0.05) is 30.0 Å². The van der Waals surface area contributed by atoms with E-state index in [1.54, 1.807) is 35.9 Å². The van der Waals surface area contributed by atoms with Gasteiger partial charge in [-0.2, -0.15) is 4.68 Å². The molecule has 1 amide bonds. The van der Waals surface area contributed by atoms with Crippen molar-refractivity contribution < 1.29 is 9.59 Å². The molecule has 8 heteroatoms. The zero-order chi connectivity index (χ0) is 19.4. The maximum absolute atomic E-state index is 12.5. The Morgan fingerprint density at radius 3 is 2.48 bits per heavy atom. The van der Waals surface area contributed by atoms with E-state index in [9.17, 15) is 9.59 Å². The summed E-state index contributed by atoms with van der Waals surface area (Å²) in [6.07, 6.45) is 0. The van der Waals surface area contributed by atoms with Crippen LogP contribution in [0.25, 0.3) is 5.69 Å². The summed E-state index contributed by atoms with van der Waals surface area (Å²) >= 11 is 1.28. The molecule has 7 nitrogen and oxygen atoms in total. The van der Waals surface area contributed by atoms with Crippen molar-refractivity contribution in [2.75, 3.05) is 5.32 Å². The van der Waals surface area contributed by atoms with Gasteiger partial charge in [0.15, 0.2) is 5.78 Å². The maximum atomic E-state index is 12.5. The van der Waals surface area contributed by atoms with Crippen molar-refractivity contribution in [2.45, 2.75) is 31.2 Å². The van der Waals surface area contributed by atoms with E-state index in [1.165, 1.54) is 18.7 Å². The molecule has 0 radical (unpaired) electrons. The van der Waals surface area contributed by atoms with Crippen LogP contribution in [-0.2, 0) is 4.79 Å². The Morgan fingerprint density at radius 2 is 1.81 bits per heavy atom. The number of para-hydroxylation sites is 1. The van der Waals surface area contributed by atoms with Crippen molar-refractivity contribution >= 4 is 29.1 Å². The van der Waals surface area contributed by atoms with E-state index < -0.39 is 5.25 Å². The first kappa shape index (κ1) is 18.8. The quantitative estimate of drug-likeness (QED) is 0.520. The van der Waals surface area contributed by atoms with E-state index in [2.05, 4.69) is 20.8 Å². The second kappa shape index (κ2) is 8.13. The Morgan fingerprint density at radius 1 is 1.11 bits per heavy atom. The molecular weight excluding hydrogens is 362 g/mol. The molecule has 0 spiro atoms. The summed E-state index contributed by atoms with van der Waals surface area (Å²) in [7, 11) is 0. The van der Waals surface area contributed by atoms with Crippen LogP contribution >= 0.6 is 11.8 Å². The lowest BCUT2D eigenvalue weighted by Crippen LogP contribution is -2.23. The topological polar surface area (TPSA) is 89.8 Å². The average molecular weight is 381 g/mol. The van der Waals surface area contributed by atoms with Gasteiger partial charge >= 0.3 is 0 Å². The molecular formula is C19H19N5O2S. The van der Waals surface area contributed by atoms with Gasteiger partial charge < -0.3 is 5.32 Å². The van der Waals surface area contributed by atoms with Crippen molar-refractivity contribution in [1.29, 1.82) is 0 Å². The molecule has 0 saturated carbocycles. The minimum Gasteiger partial charge on any atom is -0.325 e. The summed E-state index contributed by atoms with van der Waals surface area (Å²) in [5.74, 6) is -0.185.